The fraction of sp³-hybridized carbons (Fsp3) is 0.794. The van der Waals surface area contributed by atoms with Crippen LogP contribution in [-0.4, -0.2) is 63.1 Å². The van der Waals surface area contributed by atoms with Crippen molar-refractivity contribution in [2.24, 2.45) is 0 Å². The molecule has 0 aliphatic heterocycles. The second-order valence-corrected chi connectivity index (χ2v) is 22.1. The van der Waals surface area contributed by atoms with E-state index in [-0.39, 0.29) is 19.1 Å². The van der Waals surface area contributed by atoms with Crippen molar-refractivity contribution in [3.05, 3.63) is 12.7 Å². The third-order valence-electron chi connectivity index (χ3n) is 8.89. The Labute approximate surface area is 284 Å². The maximum atomic E-state index is 12.4. The molecule has 0 aromatic carbocycles. The summed E-state index contributed by atoms with van der Waals surface area (Å²) in [6.07, 6.45) is 15.8. The molecule has 2 heterocycles. The Hall–Kier alpha value is -1.41. The average Bonchev–Trinajstić information content (AvgIpc) is 3.40. The highest BCUT2D eigenvalue weighted by Crippen LogP contribution is 2.42. The molecule has 262 valence electrons. The number of nitrogens with two attached hydrogens (primary N) is 1. The second-order valence-electron chi connectivity index (χ2n) is 13.5. The van der Waals surface area contributed by atoms with Crippen LogP contribution in [0.15, 0.2) is 12.7 Å². The number of fused-ring (bicyclic) bond motifs is 1. The number of ether oxygens (including phenoxy) is 1. The number of anilines is 1. The second kappa shape index (κ2) is 21.5. The summed E-state index contributed by atoms with van der Waals surface area (Å²) in [6, 6.07) is 0. The number of nitrogen functional groups attached to an aromatic ring is 1. The molecule has 46 heavy (non-hydrogen) atoms. The van der Waals surface area contributed by atoms with Crippen LogP contribution >= 0.6 is 19.4 Å². The van der Waals surface area contributed by atoms with Crippen LogP contribution in [0.3, 0.4) is 0 Å². The van der Waals surface area contributed by atoms with Crippen LogP contribution in [0.25, 0.3) is 11.2 Å². The van der Waals surface area contributed by atoms with Gasteiger partial charge in [0.1, 0.15) is 26.3 Å². The smallest absolute Gasteiger partial charge is 0.353 e. The highest BCUT2D eigenvalue weighted by atomic mass is 32.2. The van der Waals surface area contributed by atoms with Gasteiger partial charge in [0.05, 0.1) is 25.6 Å². The van der Waals surface area contributed by atoms with Gasteiger partial charge in [-0.1, -0.05) is 86.5 Å². The number of unbranched alkanes of at least 4 members (excludes halogenated alkanes) is 9. The SMILES string of the molecule is CC(C)[Si](C#CCCCCCCCCCCCSCCCOP(=O)(O)CO[C@H](C)Cn1cnc2c(N)ncnc21)(C(C)C)C(C)C. The molecule has 3 N–H and O–H groups in total. The van der Waals surface area contributed by atoms with Crippen LogP contribution < -0.4 is 5.73 Å². The van der Waals surface area contributed by atoms with Crippen LogP contribution in [0.4, 0.5) is 5.82 Å². The Bertz CT molecular complexity index is 1230. The minimum atomic E-state index is -3.81. The van der Waals surface area contributed by atoms with Crippen molar-refractivity contribution in [1.29, 1.82) is 0 Å². The van der Waals surface area contributed by atoms with Gasteiger partial charge in [0.25, 0.3) is 0 Å². The van der Waals surface area contributed by atoms with Gasteiger partial charge in [0.2, 0.25) is 0 Å². The van der Waals surface area contributed by atoms with E-state index >= 15 is 0 Å². The number of imidazole rings is 1. The largest absolute Gasteiger partial charge is 0.382 e. The minimum absolute atomic E-state index is 0.254. The molecule has 0 spiro atoms. The quantitative estimate of drug-likeness (QED) is 0.0478. The van der Waals surface area contributed by atoms with Gasteiger partial charge in [-0.3, -0.25) is 4.57 Å². The lowest BCUT2D eigenvalue weighted by Gasteiger charge is -2.38. The van der Waals surface area contributed by atoms with Gasteiger partial charge in [-0.05, 0) is 54.3 Å². The average molecular weight is 696 g/mol. The van der Waals surface area contributed by atoms with Crippen molar-refractivity contribution >= 4 is 44.4 Å². The zero-order valence-corrected chi connectivity index (χ0v) is 32.4. The first-order valence-corrected chi connectivity index (χ1v) is 22.6. The molecule has 2 aromatic rings. The highest BCUT2D eigenvalue weighted by molar-refractivity contribution is 7.99. The van der Waals surface area contributed by atoms with Crippen LogP contribution in [0.5, 0.6) is 0 Å². The van der Waals surface area contributed by atoms with Gasteiger partial charge in [-0.2, -0.15) is 11.8 Å². The molecule has 0 aliphatic carbocycles. The standard InChI is InChI=1S/C34H62N5O4PSSi/c1-28(2)46(29(3)4,30(5)6)23-18-16-14-12-10-8-9-11-13-15-17-21-45-22-19-20-43-44(40,41)27-42-31(7)24-39-26-38-32-33(35)36-25-37-34(32)39/h25-26,28-31H,8-17,19-22,24,27H2,1-7H3,(H,40,41)(H2,35,36,37)/t31-/m1/s1. The molecule has 0 amide bonds. The maximum absolute atomic E-state index is 12.4. The van der Waals surface area contributed by atoms with E-state index in [1.807, 2.05) is 18.7 Å². The Morgan fingerprint density at radius 1 is 0.891 bits per heavy atom. The maximum Gasteiger partial charge on any atom is 0.353 e. The summed E-state index contributed by atoms with van der Waals surface area (Å²) in [5.74, 6) is 5.98. The fourth-order valence-corrected chi connectivity index (χ4v) is 13.6. The summed E-state index contributed by atoms with van der Waals surface area (Å²) in [7, 11) is -5.37. The lowest BCUT2D eigenvalue weighted by Crippen LogP contribution is -2.43. The lowest BCUT2D eigenvalue weighted by atomic mass is 10.1. The number of hydrogen-bond acceptors (Lipinski definition) is 8. The van der Waals surface area contributed by atoms with Crippen molar-refractivity contribution in [1.82, 2.24) is 19.5 Å². The molecule has 2 atom stereocenters. The molecule has 0 aliphatic rings. The summed E-state index contributed by atoms with van der Waals surface area (Å²) in [5.41, 5.74) is 13.0. The van der Waals surface area contributed by atoms with Crippen molar-refractivity contribution in [3.8, 4) is 11.5 Å². The molecule has 2 aromatic heterocycles. The van der Waals surface area contributed by atoms with E-state index in [1.54, 1.807) is 10.9 Å². The van der Waals surface area contributed by atoms with Gasteiger partial charge in [0.15, 0.2) is 11.5 Å². The Morgan fingerprint density at radius 3 is 2.11 bits per heavy atom. The molecular weight excluding hydrogens is 634 g/mol. The van der Waals surface area contributed by atoms with Crippen LogP contribution in [-0.2, 0) is 20.4 Å². The molecule has 0 saturated carbocycles. The van der Waals surface area contributed by atoms with Crippen molar-refractivity contribution < 1.29 is 18.7 Å². The van der Waals surface area contributed by atoms with E-state index in [1.165, 1.54) is 64.1 Å². The zero-order valence-electron chi connectivity index (χ0n) is 29.7. The molecule has 2 rings (SSSR count). The van der Waals surface area contributed by atoms with Crippen molar-refractivity contribution in [2.75, 3.05) is 30.2 Å². The molecule has 9 nitrogen and oxygen atoms in total. The van der Waals surface area contributed by atoms with Gasteiger partial charge in [0, 0.05) is 6.42 Å². The van der Waals surface area contributed by atoms with E-state index < -0.39 is 15.7 Å². The van der Waals surface area contributed by atoms with E-state index in [4.69, 9.17) is 15.0 Å². The molecule has 12 heteroatoms. The first-order valence-electron chi connectivity index (χ1n) is 17.5. The zero-order chi connectivity index (χ0) is 34.0. The lowest BCUT2D eigenvalue weighted by molar-refractivity contribution is 0.0718. The summed E-state index contributed by atoms with van der Waals surface area (Å²) < 4.78 is 25.0. The topological polar surface area (TPSA) is 125 Å². The molecule has 0 saturated heterocycles. The first-order chi connectivity index (χ1) is 21.9. The van der Waals surface area contributed by atoms with Gasteiger partial charge in [-0.25, -0.2) is 15.0 Å². The Morgan fingerprint density at radius 2 is 1.48 bits per heavy atom. The van der Waals surface area contributed by atoms with Gasteiger partial charge >= 0.3 is 7.60 Å². The van der Waals surface area contributed by atoms with Crippen molar-refractivity contribution in [2.45, 2.75) is 148 Å². The van der Waals surface area contributed by atoms with Crippen LogP contribution in [0, 0.1) is 11.5 Å². The number of rotatable bonds is 24. The number of nitrogens with zero attached hydrogens (tertiary/aromatic N) is 4. The van der Waals surface area contributed by atoms with Gasteiger partial charge < -0.3 is 24.5 Å². The summed E-state index contributed by atoms with van der Waals surface area (Å²) in [6.45, 7) is 16.8. The molecule has 0 bridgehead atoms. The summed E-state index contributed by atoms with van der Waals surface area (Å²) in [5, 5.41) is 0. The third-order valence-corrected chi connectivity index (χ3v) is 17.5. The van der Waals surface area contributed by atoms with E-state index in [9.17, 15) is 9.46 Å². The fourth-order valence-electron chi connectivity index (χ4n) is 6.39. The van der Waals surface area contributed by atoms with Gasteiger partial charge in [-0.15, -0.1) is 11.5 Å². The normalized spacial score (nSPS) is 14.2. The molecular formula is C34H62N5O4PSSi. The minimum Gasteiger partial charge on any atom is -0.382 e. The Kier molecular flexibility index (Phi) is 19.1. The molecule has 1 unspecified atom stereocenters. The predicted octanol–water partition coefficient (Wildman–Crippen LogP) is 9.22. The van der Waals surface area contributed by atoms with Crippen LogP contribution in [0.1, 0.15) is 119 Å². The first kappa shape index (κ1) is 40.8. The predicted molar refractivity (Wildman–Crippen MR) is 198 cm³/mol. The number of hydrogen-bond donors (Lipinski definition) is 2. The summed E-state index contributed by atoms with van der Waals surface area (Å²) in [4.78, 5) is 22.5. The Balaban J connectivity index is 1.41. The van der Waals surface area contributed by atoms with Crippen molar-refractivity contribution in [3.63, 3.8) is 0 Å². The number of thioether (sulfide) groups is 1. The van der Waals surface area contributed by atoms with E-state index in [0.717, 1.165) is 24.3 Å². The number of aromatic nitrogens is 4. The third kappa shape index (κ3) is 14.0. The highest BCUT2D eigenvalue weighted by Gasteiger charge is 2.41. The summed E-state index contributed by atoms with van der Waals surface area (Å²) >= 11 is 1.89. The molecule has 0 radical (unpaired) electrons. The monoisotopic (exact) mass is 695 g/mol. The van der Waals surface area contributed by atoms with E-state index in [0.29, 0.717) is 40.2 Å². The van der Waals surface area contributed by atoms with Crippen LogP contribution in [0.2, 0.25) is 16.6 Å². The van der Waals surface area contributed by atoms with E-state index in [2.05, 4.69) is 68.0 Å². The molecule has 0 fully saturated rings.